The summed E-state index contributed by atoms with van der Waals surface area (Å²) in [5, 5.41) is 16.3. The molecule has 5 nitrogen and oxygen atoms in total. The number of piperidine rings is 1. The van der Waals surface area contributed by atoms with Gasteiger partial charge in [-0.25, -0.2) is 0 Å². The molecule has 3 atom stereocenters. The van der Waals surface area contributed by atoms with Gasteiger partial charge in [-0.3, -0.25) is 4.79 Å². The summed E-state index contributed by atoms with van der Waals surface area (Å²) in [7, 11) is 0. The molecule has 1 aromatic carbocycles. The van der Waals surface area contributed by atoms with E-state index in [1.165, 1.54) is 0 Å². The molecule has 1 aliphatic carbocycles. The molecule has 4 rings (SSSR count). The Labute approximate surface area is 128 Å². The van der Waals surface area contributed by atoms with Crippen LogP contribution in [-0.4, -0.2) is 29.6 Å². The van der Waals surface area contributed by atoms with Crippen molar-refractivity contribution in [1.29, 1.82) is 0 Å². The van der Waals surface area contributed by atoms with Crippen LogP contribution >= 0.6 is 0 Å². The minimum Gasteiger partial charge on any atom is -0.507 e. The van der Waals surface area contributed by atoms with Crippen molar-refractivity contribution in [1.82, 2.24) is 10.6 Å². The lowest BCUT2D eigenvalue weighted by Gasteiger charge is -2.23. The molecule has 2 aromatic rings. The Morgan fingerprint density at radius 3 is 2.82 bits per heavy atom. The molecule has 5 heteroatoms. The number of phenols is 1. The second-order valence-electron chi connectivity index (χ2n) is 6.11. The summed E-state index contributed by atoms with van der Waals surface area (Å²) in [4.78, 5) is 12.3. The van der Waals surface area contributed by atoms with Gasteiger partial charge in [-0.1, -0.05) is 12.1 Å². The minimum absolute atomic E-state index is 0.140. The molecular formula is C17H18N2O3. The number of hydrogen-bond acceptors (Lipinski definition) is 4. The van der Waals surface area contributed by atoms with Crippen LogP contribution in [0.15, 0.2) is 40.8 Å². The zero-order valence-electron chi connectivity index (χ0n) is 12.1. The fourth-order valence-corrected chi connectivity index (χ4v) is 3.54. The van der Waals surface area contributed by atoms with Crippen LogP contribution in [0.5, 0.6) is 5.75 Å². The Bertz CT molecular complexity index is 709. The van der Waals surface area contributed by atoms with Gasteiger partial charge in [0.05, 0.1) is 5.56 Å². The standard InChI is InChI=1S/C17H18N2O3/c20-14-4-2-1-3-11(14)15-5-6-16(22-15)17(21)19-13-8-10-7-12(13)18-9-10/h1-6,10,12-13,18,20H,7-9H2,(H,19,21). The van der Waals surface area contributed by atoms with Gasteiger partial charge in [0.25, 0.3) is 5.91 Å². The van der Waals surface area contributed by atoms with Crippen LogP contribution in [0.25, 0.3) is 11.3 Å². The third-order valence-corrected chi connectivity index (χ3v) is 4.64. The topological polar surface area (TPSA) is 74.5 Å². The van der Waals surface area contributed by atoms with Gasteiger partial charge in [-0.05, 0) is 49.6 Å². The summed E-state index contributed by atoms with van der Waals surface area (Å²) < 4.78 is 5.61. The van der Waals surface area contributed by atoms with Crippen LogP contribution in [0.2, 0.25) is 0 Å². The molecule has 2 aliphatic rings. The number of para-hydroxylation sites is 1. The zero-order chi connectivity index (χ0) is 15.1. The highest BCUT2D eigenvalue weighted by atomic mass is 16.4. The molecule has 1 saturated carbocycles. The highest BCUT2D eigenvalue weighted by molar-refractivity contribution is 5.92. The fraction of sp³-hybridized carbons (Fsp3) is 0.353. The Hall–Kier alpha value is -2.27. The Morgan fingerprint density at radius 2 is 2.09 bits per heavy atom. The molecule has 1 aromatic heterocycles. The van der Waals surface area contributed by atoms with E-state index in [0.717, 1.165) is 19.4 Å². The van der Waals surface area contributed by atoms with Gasteiger partial charge in [-0.15, -0.1) is 0 Å². The van der Waals surface area contributed by atoms with Gasteiger partial charge < -0.3 is 20.2 Å². The van der Waals surface area contributed by atoms with E-state index in [-0.39, 0.29) is 23.5 Å². The van der Waals surface area contributed by atoms with Crippen molar-refractivity contribution in [3.63, 3.8) is 0 Å². The molecule has 2 bridgehead atoms. The summed E-state index contributed by atoms with van der Waals surface area (Å²) in [6, 6.07) is 10.9. The number of rotatable bonds is 3. The summed E-state index contributed by atoms with van der Waals surface area (Å²) in [5.74, 6) is 1.40. The van der Waals surface area contributed by atoms with Crippen molar-refractivity contribution in [3.8, 4) is 17.1 Å². The summed E-state index contributed by atoms with van der Waals surface area (Å²) >= 11 is 0. The van der Waals surface area contributed by atoms with Crippen molar-refractivity contribution in [3.05, 3.63) is 42.2 Å². The van der Waals surface area contributed by atoms with E-state index in [2.05, 4.69) is 10.6 Å². The van der Waals surface area contributed by atoms with Gasteiger partial charge in [0.2, 0.25) is 0 Å². The van der Waals surface area contributed by atoms with Crippen LogP contribution in [0.3, 0.4) is 0 Å². The van der Waals surface area contributed by atoms with Crippen LogP contribution in [0, 0.1) is 5.92 Å². The lowest BCUT2D eigenvalue weighted by Crippen LogP contribution is -2.47. The Kier molecular flexibility index (Phi) is 3.15. The predicted molar refractivity (Wildman–Crippen MR) is 81.6 cm³/mol. The summed E-state index contributed by atoms with van der Waals surface area (Å²) in [5.41, 5.74) is 0.586. The van der Waals surface area contributed by atoms with Crippen molar-refractivity contribution >= 4 is 5.91 Å². The van der Waals surface area contributed by atoms with Crippen LogP contribution < -0.4 is 10.6 Å². The second-order valence-corrected chi connectivity index (χ2v) is 6.11. The first-order chi connectivity index (χ1) is 10.7. The molecule has 0 spiro atoms. The molecule has 2 fully saturated rings. The number of phenolic OH excluding ortho intramolecular Hbond substituents is 1. The zero-order valence-corrected chi connectivity index (χ0v) is 12.1. The maximum Gasteiger partial charge on any atom is 0.287 e. The minimum atomic E-state index is -0.193. The number of carbonyl (C=O) groups excluding carboxylic acids is 1. The first kappa shape index (κ1) is 13.4. The molecule has 1 saturated heterocycles. The smallest absolute Gasteiger partial charge is 0.287 e. The van der Waals surface area contributed by atoms with Crippen molar-refractivity contribution in [2.24, 2.45) is 5.92 Å². The third-order valence-electron chi connectivity index (χ3n) is 4.64. The first-order valence-electron chi connectivity index (χ1n) is 7.63. The van der Waals surface area contributed by atoms with Crippen LogP contribution in [0.1, 0.15) is 23.4 Å². The molecule has 3 N–H and O–H groups in total. The highest BCUT2D eigenvalue weighted by Gasteiger charge is 2.40. The number of carbonyl (C=O) groups is 1. The number of amides is 1. The molecule has 22 heavy (non-hydrogen) atoms. The molecule has 114 valence electrons. The molecule has 1 amide bonds. The lowest BCUT2D eigenvalue weighted by atomic mass is 10.1. The van der Waals surface area contributed by atoms with Gasteiger partial charge in [0.15, 0.2) is 5.76 Å². The lowest BCUT2D eigenvalue weighted by molar-refractivity contribution is 0.0901. The van der Waals surface area contributed by atoms with Gasteiger partial charge in [0.1, 0.15) is 11.5 Å². The normalized spacial score (nSPS) is 26.3. The maximum absolute atomic E-state index is 12.3. The van der Waals surface area contributed by atoms with E-state index < -0.39 is 0 Å². The van der Waals surface area contributed by atoms with Crippen molar-refractivity contribution < 1.29 is 14.3 Å². The monoisotopic (exact) mass is 298 g/mol. The first-order valence-corrected chi connectivity index (χ1v) is 7.63. The molecule has 0 radical (unpaired) electrons. The number of benzene rings is 1. The number of furan rings is 1. The summed E-state index contributed by atoms with van der Waals surface area (Å²) in [6.45, 7) is 1.06. The SMILES string of the molecule is O=C(NC1CC2CNC1C2)c1ccc(-c2ccccc2O)o1. The number of fused-ring (bicyclic) bond motifs is 2. The van der Waals surface area contributed by atoms with E-state index in [4.69, 9.17) is 4.42 Å². The number of hydrogen-bond donors (Lipinski definition) is 3. The van der Waals surface area contributed by atoms with E-state index in [0.29, 0.717) is 23.3 Å². The van der Waals surface area contributed by atoms with Crippen molar-refractivity contribution in [2.75, 3.05) is 6.54 Å². The number of nitrogens with one attached hydrogen (secondary N) is 2. The Balaban J connectivity index is 1.49. The second kappa shape index (κ2) is 5.18. The molecular weight excluding hydrogens is 280 g/mol. The van der Waals surface area contributed by atoms with E-state index in [1.54, 1.807) is 30.3 Å². The average molecular weight is 298 g/mol. The van der Waals surface area contributed by atoms with E-state index >= 15 is 0 Å². The van der Waals surface area contributed by atoms with Crippen LogP contribution in [0.4, 0.5) is 0 Å². The molecule has 3 unspecified atom stereocenters. The predicted octanol–water partition coefficient (Wildman–Crippen LogP) is 2.13. The average Bonchev–Trinajstić information content (AvgIpc) is 3.24. The Morgan fingerprint density at radius 1 is 1.23 bits per heavy atom. The van der Waals surface area contributed by atoms with E-state index in [1.807, 2.05) is 6.07 Å². The summed E-state index contributed by atoms with van der Waals surface area (Å²) in [6.07, 6.45) is 2.18. The van der Waals surface area contributed by atoms with E-state index in [9.17, 15) is 9.90 Å². The molecule has 2 heterocycles. The van der Waals surface area contributed by atoms with Gasteiger partial charge in [-0.2, -0.15) is 0 Å². The van der Waals surface area contributed by atoms with Crippen molar-refractivity contribution in [2.45, 2.75) is 24.9 Å². The fourth-order valence-electron chi connectivity index (χ4n) is 3.54. The third kappa shape index (κ3) is 2.27. The van der Waals surface area contributed by atoms with Gasteiger partial charge in [0, 0.05) is 12.1 Å². The number of aromatic hydroxyl groups is 1. The largest absolute Gasteiger partial charge is 0.507 e. The maximum atomic E-state index is 12.3. The quantitative estimate of drug-likeness (QED) is 0.811. The van der Waals surface area contributed by atoms with Crippen LogP contribution in [-0.2, 0) is 0 Å². The molecule has 1 aliphatic heterocycles. The van der Waals surface area contributed by atoms with Gasteiger partial charge >= 0.3 is 0 Å². The highest BCUT2D eigenvalue weighted by Crippen LogP contribution is 2.32.